The minimum absolute atomic E-state index is 0.302. The zero-order chi connectivity index (χ0) is 17.1. The average Bonchev–Trinajstić information content (AvgIpc) is 3.20. The number of allylic oxidation sites excluding steroid dienone is 1. The number of nitrogens with zero attached hydrogens (tertiary/aromatic N) is 3. The highest BCUT2D eigenvalue weighted by atomic mass is 32.2. The summed E-state index contributed by atoms with van der Waals surface area (Å²) in [4.78, 5) is 18.1. The third-order valence-corrected chi connectivity index (χ3v) is 5.54. The number of thiophene rings is 1. The highest BCUT2D eigenvalue weighted by Gasteiger charge is 2.35. The van der Waals surface area contributed by atoms with Crippen LogP contribution in [0, 0.1) is 0 Å². The number of rotatable bonds is 6. The molecule has 0 aromatic carbocycles. The molecule has 8 heteroatoms. The minimum atomic E-state index is -0.315. The highest BCUT2D eigenvalue weighted by Crippen LogP contribution is 2.38. The largest absolute Gasteiger partial charge is 0.463 e. The molecular weight excluding hydrogens is 344 g/mol. The van der Waals surface area contributed by atoms with Crippen LogP contribution in [0.2, 0.25) is 0 Å². The molecule has 1 unspecified atom stereocenters. The lowest BCUT2D eigenvalue weighted by Crippen LogP contribution is -2.29. The van der Waals surface area contributed by atoms with Gasteiger partial charge in [-0.25, -0.2) is 9.48 Å². The second kappa shape index (κ2) is 7.40. The summed E-state index contributed by atoms with van der Waals surface area (Å²) in [5.41, 5.74) is 1.35. The first-order valence-corrected chi connectivity index (χ1v) is 9.79. The molecule has 0 spiro atoms. The van der Waals surface area contributed by atoms with Crippen LogP contribution < -0.4 is 5.32 Å². The van der Waals surface area contributed by atoms with Crippen molar-refractivity contribution in [3.05, 3.63) is 33.7 Å². The summed E-state index contributed by atoms with van der Waals surface area (Å²) < 4.78 is 7.06. The molecule has 1 atom stereocenters. The van der Waals surface area contributed by atoms with Gasteiger partial charge in [0.05, 0.1) is 12.2 Å². The lowest BCUT2D eigenvalue weighted by molar-refractivity contribution is -0.139. The van der Waals surface area contributed by atoms with Gasteiger partial charge >= 0.3 is 5.97 Å². The minimum Gasteiger partial charge on any atom is -0.463 e. The molecule has 0 fully saturated rings. The van der Waals surface area contributed by atoms with Crippen LogP contribution >= 0.6 is 23.1 Å². The normalized spacial score (nSPS) is 16.7. The second-order valence-corrected chi connectivity index (χ2v) is 7.35. The summed E-state index contributed by atoms with van der Waals surface area (Å²) in [6, 6.07) is 3.69. The van der Waals surface area contributed by atoms with Crippen molar-refractivity contribution >= 4 is 35.0 Å². The number of ether oxygens (including phenoxy) is 1. The van der Waals surface area contributed by atoms with E-state index in [1.807, 2.05) is 31.4 Å². The number of fused-ring (bicyclic) bond motifs is 1. The molecule has 3 rings (SSSR count). The van der Waals surface area contributed by atoms with Gasteiger partial charge in [-0.1, -0.05) is 24.8 Å². The first-order chi connectivity index (χ1) is 11.7. The fourth-order valence-corrected chi connectivity index (χ4v) is 4.07. The molecule has 6 nitrogen and oxygen atoms in total. The first-order valence-electron chi connectivity index (χ1n) is 7.93. The Hall–Kier alpha value is -1.80. The summed E-state index contributed by atoms with van der Waals surface area (Å²) >= 11 is 3.22. The standard InChI is InChI=1S/C16H20N4O2S2/c1-4-8-24-16-18-15-17-10(3)12(14(21)22-5-2)13(20(15)19-16)11-7-6-9-23-11/h6-7,9,13H,4-5,8H2,1-3H3,(H,17,18,19). The van der Waals surface area contributed by atoms with E-state index < -0.39 is 0 Å². The third-order valence-electron chi connectivity index (χ3n) is 3.58. The summed E-state index contributed by atoms with van der Waals surface area (Å²) in [6.07, 6.45) is 1.06. The maximum Gasteiger partial charge on any atom is 0.338 e. The molecular formula is C16H20N4O2S2. The van der Waals surface area contributed by atoms with Crippen molar-refractivity contribution in [2.45, 2.75) is 38.4 Å². The maximum absolute atomic E-state index is 12.5. The van der Waals surface area contributed by atoms with Gasteiger partial charge in [0, 0.05) is 16.3 Å². The Morgan fingerprint density at radius 2 is 2.33 bits per heavy atom. The number of nitrogens with one attached hydrogen (secondary N) is 1. The Morgan fingerprint density at radius 3 is 3.00 bits per heavy atom. The van der Waals surface area contributed by atoms with Crippen molar-refractivity contribution in [1.29, 1.82) is 0 Å². The Kier molecular flexibility index (Phi) is 5.25. The molecule has 0 saturated carbocycles. The predicted molar refractivity (Wildman–Crippen MR) is 96.5 cm³/mol. The van der Waals surface area contributed by atoms with Gasteiger partial charge in [-0.2, -0.15) is 4.98 Å². The quantitative estimate of drug-likeness (QED) is 0.623. The van der Waals surface area contributed by atoms with E-state index in [1.54, 1.807) is 27.8 Å². The molecule has 0 bridgehead atoms. The van der Waals surface area contributed by atoms with Crippen molar-refractivity contribution in [1.82, 2.24) is 14.8 Å². The molecule has 1 N–H and O–H groups in total. The van der Waals surface area contributed by atoms with Gasteiger partial charge in [0.25, 0.3) is 0 Å². The van der Waals surface area contributed by atoms with E-state index in [-0.39, 0.29) is 12.0 Å². The second-order valence-electron chi connectivity index (χ2n) is 5.31. The molecule has 3 heterocycles. The van der Waals surface area contributed by atoms with Crippen LogP contribution in [0.3, 0.4) is 0 Å². The van der Waals surface area contributed by atoms with E-state index in [2.05, 4.69) is 22.3 Å². The van der Waals surface area contributed by atoms with Gasteiger partial charge in [-0.15, -0.1) is 16.4 Å². The summed E-state index contributed by atoms with van der Waals surface area (Å²) in [5.74, 6) is 1.31. The highest BCUT2D eigenvalue weighted by molar-refractivity contribution is 7.99. The van der Waals surface area contributed by atoms with Gasteiger partial charge in [0.1, 0.15) is 6.04 Å². The Morgan fingerprint density at radius 1 is 1.50 bits per heavy atom. The molecule has 24 heavy (non-hydrogen) atoms. The van der Waals surface area contributed by atoms with E-state index >= 15 is 0 Å². The zero-order valence-electron chi connectivity index (χ0n) is 13.9. The molecule has 2 aromatic rings. The van der Waals surface area contributed by atoms with Crippen LogP contribution in [0.5, 0.6) is 0 Å². The predicted octanol–water partition coefficient (Wildman–Crippen LogP) is 3.69. The summed E-state index contributed by atoms with van der Waals surface area (Å²) in [6.45, 7) is 6.16. The van der Waals surface area contributed by atoms with E-state index in [1.165, 1.54) is 0 Å². The van der Waals surface area contributed by atoms with E-state index in [0.29, 0.717) is 18.1 Å². The number of hydrogen-bond donors (Lipinski definition) is 1. The van der Waals surface area contributed by atoms with Gasteiger partial charge in [0.2, 0.25) is 11.1 Å². The fourth-order valence-electron chi connectivity index (χ4n) is 2.57. The van der Waals surface area contributed by atoms with Crippen LogP contribution in [-0.2, 0) is 9.53 Å². The van der Waals surface area contributed by atoms with Crippen LogP contribution in [0.15, 0.2) is 33.9 Å². The molecule has 0 radical (unpaired) electrons. The first kappa shape index (κ1) is 17.0. The summed E-state index contributed by atoms with van der Waals surface area (Å²) in [5, 5.41) is 10.5. The SMILES string of the molecule is CCCSc1nc2n(n1)C(c1cccs1)C(C(=O)OCC)=C(C)N2. The molecule has 0 aliphatic carbocycles. The number of carbonyl (C=O) groups excluding carboxylic acids is 1. The van der Waals surface area contributed by atoms with Crippen molar-refractivity contribution in [3.8, 4) is 0 Å². The van der Waals surface area contributed by atoms with Crippen molar-refractivity contribution in [2.75, 3.05) is 17.7 Å². The lowest BCUT2D eigenvalue weighted by Gasteiger charge is -2.26. The van der Waals surface area contributed by atoms with Crippen molar-refractivity contribution in [3.63, 3.8) is 0 Å². The van der Waals surface area contributed by atoms with Crippen LogP contribution in [0.1, 0.15) is 38.1 Å². The molecule has 128 valence electrons. The molecule has 0 amide bonds. The van der Waals surface area contributed by atoms with Gasteiger partial charge < -0.3 is 10.1 Å². The maximum atomic E-state index is 12.5. The van der Waals surface area contributed by atoms with E-state index in [0.717, 1.165) is 27.9 Å². The number of aromatic nitrogens is 3. The van der Waals surface area contributed by atoms with Crippen molar-refractivity contribution < 1.29 is 9.53 Å². The van der Waals surface area contributed by atoms with Gasteiger partial charge in [-0.3, -0.25) is 0 Å². The van der Waals surface area contributed by atoms with Crippen LogP contribution in [-0.4, -0.2) is 33.1 Å². The van der Waals surface area contributed by atoms with E-state index in [9.17, 15) is 4.79 Å². The number of carbonyl (C=O) groups is 1. The topological polar surface area (TPSA) is 69.0 Å². The Balaban J connectivity index is 2.04. The molecule has 1 aliphatic rings. The molecule has 0 saturated heterocycles. The fraction of sp³-hybridized carbons (Fsp3) is 0.438. The van der Waals surface area contributed by atoms with Crippen molar-refractivity contribution in [2.24, 2.45) is 0 Å². The molecule has 1 aliphatic heterocycles. The Labute approximate surface area is 149 Å². The number of thioether (sulfide) groups is 1. The van der Waals surface area contributed by atoms with Gasteiger partial charge in [0.15, 0.2) is 0 Å². The lowest BCUT2D eigenvalue weighted by atomic mass is 10.0. The number of anilines is 1. The van der Waals surface area contributed by atoms with E-state index in [4.69, 9.17) is 4.74 Å². The molecule has 2 aromatic heterocycles. The third kappa shape index (κ3) is 3.21. The zero-order valence-corrected chi connectivity index (χ0v) is 15.5. The van der Waals surface area contributed by atoms with Crippen LogP contribution in [0.25, 0.3) is 0 Å². The average molecular weight is 364 g/mol. The summed E-state index contributed by atoms with van der Waals surface area (Å²) in [7, 11) is 0. The smallest absolute Gasteiger partial charge is 0.338 e. The van der Waals surface area contributed by atoms with Crippen LogP contribution in [0.4, 0.5) is 5.95 Å². The number of esters is 1. The van der Waals surface area contributed by atoms with Gasteiger partial charge in [-0.05, 0) is 31.7 Å². The number of hydrogen-bond acceptors (Lipinski definition) is 7. The Bertz CT molecular complexity index is 752. The monoisotopic (exact) mass is 364 g/mol.